The first-order valence-electron chi connectivity index (χ1n) is 10.8. The van der Waals surface area contributed by atoms with Crippen LogP contribution in [0, 0.1) is 6.92 Å². The molecular weight excluding hydrogens is 462 g/mol. The molecule has 0 spiro atoms. The Morgan fingerprint density at radius 3 is 2.14 bits per heavy atom. The maximum Gasteiger partial charge on any atom is 0.261 e. The lowest BCUT2D eigenvalue weighted by molar-refractivity contribution is 0.102. The van der Waals surface area contributed by atoms with E-state index >= 15 is 0 Å². The maximum atomic E-state index is 12.7. The summed E-state index contributed by atoms with van der Waals surface area (Å²) in [5, 5.41) is 2.83. The SMILES string of the molecule is Cc1ccc(S(=O)(=O)Nc2ccc(C(=O)Nc3ccc(-c4nc5ccccc5o4)cc3)cc2)cc1. The molecule has 2 N–H and O–H groups in total. The van der Waals surface area contributed by atoms with Crippen LogP contribution in [0.2, 0.25) is 0 Å². The number of fused-ring (bicyclic) bond motifs is 1. The molecule has 4 aromatic carbocycles. The van der Waals surface area contributed by atoms with E-state index in [1.807, 2.05) is 43.3 Å². The van der Waals surface area contributed by atoms with Crippen molar-refractivity contribution in [2.75, 3.05) is 10.0 Å². The monoisotopic (exact) mass is 483 g/mol. The normalized spacial score (nSPS) is 11.3. The van der Waals surface area contributed by atoms with Gasteiger partial charge in [0, 0.05) is 22.5 Å². The summed E-state index contributed by atoms with van der Waals surface area (Å²) in [4.78, 5) is 17.3. The summed E-state index contributed by atoms with van der Waals surface area (Å²) in [5.74, 6) is 0.195. The third-order valence-electron chi connectivity index (χ3n) is 5.41. The van der Waals surface area contributed by atoms with Crippen LogP contribution >= 0.6 is 0 Å². The molecule has 1 amide bonds. The van der Waals surface area contributed by atoms with Crippen molar-refractivity contribution in [3.05, 3.63) is 108 Å². The number of carbonyl (C=O) groups excluding carboxylic acids is 1. The lowest BCUT2D eigenvalue weighted by Crippen LogP contribution is -2.14. The minimum Gasteiger partial charge on any atom is -0.436 e. The fourth-order valence-corrected chi connectivity index (χ4v) is 4.57. The number of carbonyl (C=O) groups is 1. The number of nitrogens with zero attached hydrogens (tertiary/aromatic N) is 1. The Labute approximate surface area is 202 Å². The fourth-order valence-electron chi connectivity index (χ4n) is 3.52. The van der Waals surface area contributed by atoms with Crippen molar-refractivity contribution in [2.24, 2.45) is 0 Å². The van der Waals surface area contributed by atoms with Gasteiger partial charge in [0.05, 0.1) is 4.90 Å². The highest BCUT2D eigenvalue weighted by atomic mass is 32.2. The molecular formula is C27H21N3O4S. The molecule has 5 aromatic rings. The summed E-state index contributed by atoms with van der Waals surface area (Å²) in [6, 6.07) is 27.5. The average Bonchev–Trinajstić information content (AvgIpc) is 3.29. The predicted octanol–water partition coefficient (Wildman–Crippen LogP) is 5.86. The number of anilines is 2. The van der Waals surface area contributed by atoms with Crippen molar-refractivity contribution in [3.8, 4) is 11.5 Å². The van der Waals surface area contributed by atoms with E-state index in [1.165, 1.54) is 0 Å². The molecule has 0 unspecified atom stereocenters. The van der Waals surface area contributed by atoms with Crippen molar-refractivity contribution in [1.82, 2.24) is 4.98 Å². The Bertz CT molecular complexity index is 1570. The van der Waals surface area contributed by atoms with Gasteiger partial charge in [0.2, 0.25) is 5.89 Å². The molecule has 1 heterocycles. The Kier molecular flexibility index (Phi) is 5.80. The lowest BCUT2D eigenvalue weighted by Gasteiger charge is -2.10. The molecule has 35 heavy (non-hydrogen) atoms. The highest BCUT2D eigenvalue weighted by Crippen LogP contribution is 2.25. The van der Waals surface area contributed by atoms with Crippen molar-refractivity contribution < 1.29 is 17.6 Å². The van der Waals surface area contributed by atoms with Gasteiger partial charge in [0.15, 0.2) is 5.58 Å². The smallest absolute Gasteiger partial charge is 0.261 e. The lowest BCUT2D eigenvalue weighted by atomic mass is 10.1. The van der Waals surface area contributed by atoms with Gasteiger partial charge in [0.25, 0.3) is 15.9 Å². The van der Waals surface area contributed by atoms with E-state index in [0.29, 0.717) is 28.4 Å². The molecule has 1 aromatic heterocycles. The van der Waals surface area contributed by atoms with E-state index in [4.69, 9.17) is 4.42 Å². The van der Waals surface area contributed by atoms with Crippen LogP contribution in [0.3, 0.4) is 0 Å². The minimum atomic E-state index is -3.71. The first-order valence-corrected chi connectivity index (χ1v) is 12.3. The number of rotatable bonds is 6. The average molecular weight is 484 g/mol. The number of sulfonamides is 1. The number of benzene rings is 4. The molecule has 5 rings (SSSR count). The second-order valence-electron chi connectivity index (χ2n) is 8.01. The number of amides is 1. The van der Waals surface area contributed by atoms with Gasteiger partial charge in [-0.1, -0.05) is 29.8 Å². The third kappa shape index (κ3) is 4.92. The zero-order chi connectivity index (χ0) is 24.4. The van der Waals surface area contributed by atoms with Crippen molar-refractivity contribution in [3.63, 3.8) is 0 Å². The van der Waals surface area contributed by atoms with Gasteiger partial charge >= 0.3 is 0 Å². The molecule has 174 valence electrons. The van der Waals surface area contributed by atoms with Gasteiger partial charge in [0.1, 0.15) is 5.52 Å². The number of hydrogen-bond donors (Lipinski definition) is 2. The summed E-state index contributed by atoms with van der Waals surface area (Å²) >= 11 is 0. The van der Waals surface area contributed by atoms with Crippen LogP contribution in [0.5, 0.6) is 0 Å². The van der Waals surface area contributed by atoms with Gasteiger partial charge < -0.3 is 9.73 Å². The second-order valence-corrected chi connectivity index (χ2v) is 9.70. The molecule has 0 fully saturated rings. The van der Waals surface area contributed by atoms with Crippen LogP contribution in [0.25, 0.3) is 22.6 Å². The molecule has 0 saturated carbocycles. The van der Waals surface area contributed by atoms with Gasteiger partial charge in [-0.2, -0.15) is 0 Å². The van der Waals surface area contributed by atoms with E-state index < -0.39 is 10.0 Å². The van der Waals surface area contributed by atoms with Crippen molar-refractivity contribution in [2.45, 2.75) is 11.8 Å². The molecule has 0 aliphatic carbocycles. The van der Waals surface area contributed by atoms with Crippen LogP contribution < -0.4 is 10.0 Å². The number of oxazole rings is 1. The topological polar surface area (TPSA) is 101 Å². The molecule has 8 heteroatoms. The summed E-state index contributed by atoms with van der Waals surface area (Å²) in [7, 11) is -3.71. The highest BCUT2D eigenvalue weighted by molar-refractivity contribution is 7.92. The van der Waals surface area contributed by atoms with Crippen molar-refractivity contribution >= 4 is 38.4 Å². The van der Waals surface area contributed by atoms with Gasteiger partial charge in [-0.05, 0) is 79.7 Å². The van der Waals surface area contributed by atoms with E-state index in [9.17, 15) is 13.2 Å². The summed E-state index contributed by atoms with van der Waals surface area (Å²) in [6.45, 7) is 1.89. The molecule has 0 saturated heterocycles. The fraction of sp³-hybridized carbons (Fsp3) is 0.0370. The largest absolute Gasteiger partial charge is 0.436 e. The molecule has 0 radical (unpaired) electrons. The summed E-state index contributed by atoms with van der Waals surface area (Å²) in [6.07, 6.45) is 0. The third-order valence-corrected chi connectivity index (χ3v) is 6.81. The first-order chi connectivity index (χ1) is 16.9. The molecule has 0 atom stereocenters. The maximum absolute atomic E-state index is 12.7. The number of para-hydroxylation sites is 2. The van der Waals surface area contributed by atoms with Crippen LogP contribution in [0.15, 0.2) is 106 Å². The number of aromatic nitrogens is 1. The Balaban J connectivity index is 1.25. The van der Waals surface area contributed by atoms with Crippen molar-refractivity contribution in [1.29, 1.82) is 0 Å². The van der Waals surface area contributed by atoms with Gasteiger partial charge in [-0.25, -0.2) is 13.4 Å². The summed E-state index contributed by atoms with van der Waals surface area (Å²) in [5.41, 5.74) is 4.63. The first kappa shape index (κ1) is 22.4. The van der Waals surface area contributed by atoms with E-state index in [-0.39, 0.29) is 10.8 Å². The van der Waals surface area contributed by atoms with Crippen LogP contribution in [0.4, 0.5) is 11.4 Å². The summed E-state index contributed by atoms with van der Waals surface area (Å²) < 4.78 is 33.4. The molecule has 7 nitrogen and oxygen atoms in total. The van der Waals surface area contributed by atoms with E-state index in [2.05, 4.69) is 15.0 Å². The second kappa shape index (κ2) is 9.08. The number of hydrogen-bond acceptors (Lipinski definition) is 5. The quantitative estimate of drug-likeness (QED) is 0.315. The molecule has 0 aliphatic rings. The van der Waals surface area contributed by atoms with Gasteiger partial charge in [-0.15, -0.1) is 0 Å². The highest BCUT2D eigenvalue weighted by Gasteiger charge is 2.15. The van der Waals surface area contributed by atoms with E-state index in [0.717, 1.165) is 16.6 Å². The predicted molar refractivity (Wildman–Crippen MR) is 136 cm³/mol. The van der Waals surface area contributed by atoms with Crippen LogP contribution in [-0.4, -0.2) is 19.3 Å². The standard InChI is InChI=1S/C27H21N3O4S/c1-18-6-16-23(17-7-18)35(32,33)30-22-14-8-19(9-15-22)26(31)28-21-12-10-20(11-13-21)27-29-24-4-2-3-5-25(24)34-27/h2-17,30H,1H3,(H,28,31). The van der Waals surface area contributed by atoms with Crippen LogP contribution in [0.1, 0.15) is 15.9 Å². The van der Waals surface area contributed by atoms with Crippen LogP contribution in [-0.2, 0) is 10.0 Å². The van der Waals surface area contributed by atoms with E-state index in [1.54, 1.807) is 60.7 Å². The number of nitrogens with one attached hydrogen (secondary N) is 2. The number of aryl methyl sites for hydroxylation is 1. The Hall–Kier alpha value is -4.43. The Morgan fingerprint density at radius 1 is 0.800 bits per heavy atom. The zero-order valence-electron chi connectivity index (χ0n) is 18.7. The Morgan fingerprint density at radius 2 is 1.46 bits per heavy atom. The minimum absolute atomic E-state index is 0.172. The molecule has 0 aliphatic heterocycles. The zero-order valence-corrected chi connectivity index (χ0v) is 19.5. The molecule has 0 bridgehead atoms. The van der Waals surface area contributed by atoms with Gasteiger partial charge in [-0.3, -0.25) is 9.52 Å².